The van der Waals surface area contributed by atoms with E-state index in [9.17, 15) is 14.0 Å². The van der Waals surface area contributed by atoms with Crippen molar-refractivity contribution in [2.75, 3.05) is 11.1 Å². The molecule has 2 heterocycles. The number of halogens is 1. The molecule has 2 aromatic rings. The van der Waals surface area contributed by atoms with E-state index in [4.69, 9.17) is 0 Å². The number of carbonyl (C=O) groups excluding carboxylic acids is 1. The van der Waals surface area contributed by atoms with Gasteiger partial charge in [0.15, 0.2) is 5.16 Å². The second-order valence-corrected chi connectivity index (χ2v) is 5.28. The third-order valence-corrected chi connectivity index (χ3v) is 3.87. The summed E-state index contributed by atoms with van der Waals surface area (Å²) in [6, 6.07) is 5.34. The van der Waals surface area contributed by atoms with Crippen LogP contribution in [0, 0.1) is 5.82 Å². The van der Waals surface area contributed by atoms with Crippen molar-refractivity contribution in [2.45, 2.75) is 11.7 Å². The van der Waals surface area contributed by atoms with Crippen molar-refractivity contribution < 1.29 is 9.18 Å². The lowest BCUT2D eigenvalue weighted by Gasteiger charge is -2.06. The van der Waals surface area contributed by atoms with Crippen molar-refractivity contribution in [3.63, 3.8) is 0 Å². The SMILES string of the molecule is O=C(Nc1ccc(F)cc1)c1cnc2n(c1=O)CCS2. The third-order valence-electron chi connectivity index (χ3n) is 2.90. The van der Waals surface area contributed by atoms with Crippen LogP contribution in [-0.4, -0.2) is 21.2 Å². The zero-order valence-electron chi connectivity index (χ0n) is 10.3. The van der Waals surface area contributed by atoms with Crippen molar-refractivity contribution in [1.82, 2.24) is 9.55 Å². The van der Waals surface area contributed by atoms with Crippen LogP contribution in [0.15, 0.2) is 40.4 Å². The first-order valence-electron chi connectivity index (χ1n) is 5.95. The minimum atomic E-state index is -0.540. The van der Waals surface area contributed by atoms with Crippen molar-refractivity contribution in [2.24, 2.45) is 0 Å². The van der Waals surface area contributed by atoms with Gasteiger partial charge in [0.2, 0.25) is 0 Å². The van der Waals surface area contributed by atoms with Crippen LogP contribution in [0.3, 0.4) is 0 Å². The van der Waals surface area contributed by atoms with E-state index in [1.165, 1.54) is 46.8 Å². The number of nitrogens with zero attached hydrogens (tertiary/aromatic N) is 2. The average molecular weight is 291 g/mol. The van der Waals surface area contributed by atoms with Gasteiger partial charge in [-0.1, -0.05) is 11.8 Å². The number of hydrogen-bond acceptors (Lipinski definition) is 4. The highest BCUT2D eigenvalue weighted by Crippen LogP contribution is 2.20. The molecule has 7 heteroatoms. The number of anilines is 1. The van der Waals surface area contributed by atoms with Gasteiger partial charge in [-0.25, -0.2) is 9.37 Å². The lowest BCUT2D eigenvalue weighted by molar-refractivity contribution is 0.102. The van der Waals surface area contributed by atoms with E-state index in [1.807, 2.05) is 0 Å². The van der Waals surface area contributed by atoms with Crippen molar-refractivity contribution in [3.8, 4) is 0 Å². The van der Waals surface area contributed by atoms with Gasteiger partial charge in [0.1, 0.15) is 11.4 Å². The number of aromatic nitrogens is 2. The summed E-state index contributed by atoms with van der Waals surface area (Å²) in [5.41, 5.74) is 0.0656. The molecule has 0 unspecified atom stereocenters. The number of fused-ring (bicyclic) bond motifs is 1. The van der Waals surface area contributed by atoms with Gasteiger partial charge in [-0.15, -0.1) is 0 Å². The Labute approximate surface area is 117 Å². The average Bonchev–Trinajstić information content (AvgIpc) is 2.91. The van der Waals surface area contributed by atoms with Gasteiger partial charge in [0, 0.05) is 24.2 Å². The second kappa shape index (κ2) is 5.09. The molecule has 102 valence electrons. The van der Waals surface area contributed by atoms with Crippen molar-refractivity contribution in [3.05, 3.63) is 52.2 Å². The van der Waals surface area contributed by atoms with E-state index >= 15 is 0 Å². The quantitative estimate of drug-likeness (QED) is 0.856. The molecule has 0 aliphatic carbocycles. The molecule has 1 aromatic heterocycles. The van der Waals surface area contributed by atoms with Crippen LogP contribution in [0.2, 0.25) is 0 Å². The van der Waals surface area contributed by atoms with Gasteiger partial charge >= 0.3 is 0 Å². The van der Waals surface area contributed by atoms with Crippen LogP contribution in [-0.2, 0) is 6.54 Å². The Morgan fingerprint density at radius 2 is 2.10 bits per heavy atom. The summed E-state index contributed by atoms with van der Waals surface area (Å²) in [4.78, 5) is 28.3. The summed E-state index contributed by atoms with van der Waals surface area (Å²) >= 11 is 1.49. The molecule has 1 aliphatic rings. The Kier molecular flexibility index (Phi) is 3.27. The summed E-state index contributed by atoms with van der Waals surface area (Å²) in [7, 11) is 0. The van der Waals surface area contributed by atoms with E-state index < -0.39 is 5.91 Å². The van der Waals surface area contributed by atoms with Gasteiger partial charge in [0.05, 0.1) is 0 Å². The maximum atomic E-state index is 12.8. The van der Waals surface area contributed by atoms with Crippen LogP contribution in [0.25, 0.3) is 0 Å². The fraction of sp³-hybridized carbons (Fsp3) is 0.154. The first-order chi connectivity index (χ1) is 9.65. The number of rotatable bonds is 2. The monoisotopic (exact) mass is 291 g/mol. The number of hydrogen-bond donors (Lipinski definition) is 1. The van der Waals surface area contributed by atoms with Crippen LogP contribution in [0.5, 0.6) is 0 Å². The summed E-state index contributed by atoms with van der Waals surface area (Å²) < 4.78 is 14.3. The lowest BCUT2D eigenvalue weighted by atomic mass is 10.2. The highest BCUT2D eigenvalue weighted by atomic mass is 32.2. The van der Waals surface area contributed by atoms with Crippen LogP contribution in [0.1, 0.15) is 10.4 Å². The minimum absolute atomic E-state index is 0.0134. The molecule has 0 radical (unpaired) electrons. The highest BCUT2D eigenvalue weighted by molar-refractivity contribution is 7.99. The normalized spacial score (nSPS) is 13.1. The Hall–Kier alpha value is -2.15. The molecule has 0 spiro atoms. The lowest BCUT2D eigenvalue weighted by Crippen LogP contribution is -2.29. The van der Waals surface area contributed by atoms with Gasteiger partial charge in [-0.3, -0.25) is 14.2 Å². The smallest absolute Gasteiger partial charge is 0.267 e. The highest BCUT2D eigenvalue weighted by Gasteiger charge is 2.19. The van der Waals surface area contributed by atoms with E-state index in [-0.39, 0.29) is 16.9 Å². The molecule has 0 bridgehead atoms. The maximum Gasteiger partial charge on any atom is 0.267 e. The third kappa shape index (κ3) is 2.32. The Morgan fingerprint density at radius 1 is 1.35 bits per heavy atom. The van der Waals surface area contributed by atoms with E-state index in [2.05, 4.69) is 10.3 Å². The summed E-state index contributed by atoms with van der Waals surface area (Å²) in [6.07, 6.45) is 1.28. The molecule has 1 aromatic carbocycles. The zero-order chi connectivity index (χ0) is 14.1. The molecule has 0 fully saturated rings. The molecule has 3 rings (SSSR count). The van der Waals surface area contributed by atoms with Crippen LogP contribution < -0.4 is 10.9 Å². The van der Waals surface area contributed by atoms with Gasteiger partial charge in [-0.2, -0.15) is 0 Å². The number of nitrogens with one attached hydrogen (secondary N) is 1. The molecule has 1 amide bonds. The summed E-state index contributed by atoms with van der Waals surface area (Å²) in [5.74, 6) is -0.147. The molecule has 20 heavy (non-hydrogen) atoms. The van der Waals surface area contributed by atoms with E-state index in [0.29, 0.717) is 17.4 Å². The fourth-order valence-electron chi connectivity index (χ4n) is 1.90. The van der Waals surface area contributed by atoms with E-state index in [0.717, 1.165) is 5.75 Å². The molecule has 0 saturated carbocycles. The molecule has 0 atom stereocenters. The van der Waals surface area contributed by atoms with Gasteiger partial charge in [-0.05, 0) is 24.3 Å². The van der Waals surface area contributed by atoms with Gasteiger partial charge in [0.25, 0.3) is 11.5 Å². The summed E-state index contributed by atoms with van der Waals surface area (Å²) in [5, 5.41) is 3.18. The number of carbonyl (C=O) groups is 1. The molecular formula is C13H10FN3O2S. The topological polar surface area (TPSA) is 64.0 Å². The van der Waals surface area contributed by atoms with Gasteiger partial charge < -0.3 is 5.32 Å². The Bertz CT molecular complexity index is 727. The number of thioether (sulfide) groups is 1. The van der Waals surface area contributed by atoms with Crippen LogP contribution >= 0.6 is 11.8 Å². The predicted molar refractivity (Wildman–Crippen MR) is 73.6 cm³/mol. The number of amides is 1. The van der Waals surface area contributed by atoms with Crippen LogP contribution in [0.4, 0.5) is 10.1 Å². The molecule has 5 nitrogen and oxygen atoms in total. The van der Waals surface area contributed by atoms with Crippen molar-refractivity contribution in [1.29, 1.82) is 0 Å². The predicted octanol–water partition coefficient (Wildman–Crippen LogP) is 1.74. The maximum absolute atomic E-state index is 12.8. The first kappa shape index (κ1) is 12.9. The zero-order valence-corrected chi connectivity index (χ0v) is 11.1. The van der Waals surface area contributed by atoms with Crippen molar-refractivity contribution >= 4 is 23.4 Å². The standard InChI is InChI=1S/C13H10FN3O2S/c14-8-1-3-9(4-2-8)16-11(18)10-7-15-13-17(12(10)19)5-6-20-13/h1-4,7H,5-6H2,(H,16,18). The first-order valence-corrected chi connectivity index (χ1v) is 6.93. The Balaban J connectivity index is 1.88. The Morgan fingerprint density at radius 3 is 2.85 bits per heavy atom. The molecule has 0 saturated heterocycles. The summed E-state index contributed by atoms with van der Waals surface area (Å²) in [6.45, 7) is 0.559. The van der Waals surface area contributed by atoms with E-state index in [1.54, 1.807) is 0 Å². The fourth-order valence-corrected chi connectivity index (χ4v) is 2.82. The number of benzene rings is 1. The largest absolute Gasteiger partial charge is 0.322 e. The minimum Gasteiger partial charge on any atom is -0.322 e. The molecule has 1 aliphatic heterocycles. The molecule has 1 N–H and O–H groups in total. The molecular weight excluding hydrogens is 281 g/mol. The second-order valence-electron chi connectivity index (χ2n) is 4.22.